The molecular weight excluding hydrogens is 739 g/mol. The first-order valence-corrected chi connectivity index (χ1v) is 21.8. The highest BCUT2D eigenvalue weighted by atomic mass is 32.2. The van der Waals surface area contributed by atoms with E-state index in [1.807, 2.05) is 13.8 Å². The van der Waals surface area contributed by atoms with Gasteiger partial charge in [0.25, 0.3) is 30.4 Å². The van der Waals surface area contributed by atoms with E-state index in [1.165, 1.54) is 0 Å². The van der Waals surface area contributed by atoms with Crippen LogP contribution in [0.2, 0.25) is 0 Å². The third-order valence-electron chi connectivity index (χ3n) is 11.7. The zero-order valence-electron chi connectivity index (χ0n) is 28.3. The molecule has 5 aliphatic rings. The molecule has 0 amide bonds. The Kier molecular flexibility index (Phi) is 12.5. The van der Waals surface area contributed by atoms with Crippen molar-refractivity contribution in [2.45, 2.75) is 137 Å². The minimum Gasteiger partial charge on any atom is -0.481 e. The van der Waals surface area contributed by atoms with Gasteiger partial charge in [-0.15, -0.1) is 0 Å². The molecule has 1 saturated heterocycles. The third-order valence-corrected chi connectivity index (χ3v) is 15.5. The van der Waals surface area contributed by atoms with Gasteiger partial charge in [-0.2, -0.15) is 35.5 Å². The quantitative estimate of drug-likeness (QED) is 0.0897. The average molecular weight is 790 g/mol. The maximum atomic E-state index is 12.6. The van der Waals surface area contributed by atoms with Gasteiger partial charge in [-0.1, -0.05) is 26.7 Å². The van der Waals surface area contributed by atoms with Gasteiger partial charge in [-0.05, 0) is 62.7 Å². The molecule has 0 aromatic rings. The van der Waals surface area contributed by atoms with Crippen LogP contribution in [-0.2, 0) is 35.1 Å². The smallest absolute Gasteiger partial charge is 0.308 e. The molecule has 294 valence electrons. The van der Waals surface area contributed by atoms with E-state index in [0.717, 1.165) is 0 Å². The van der Waals surface area contributed by atoms with E-state index in [4.69, 9.17) is 0 Å². The van der Waals surface area contributed by atoms with Gasteiger partial charge >= 0.3 is 5.97 Å². The van der Waals surface area contributed by atoms with E-state index < -0.39 is 119 Å². The molecular formula is C28H51N7O13S3. The molecule has 0 bridgehead atoms. The van der Waals surface area contributed by atoms with Crippen LogP contribution >= 0.6 is 0 Å². The summed E-state index contributed by atoms with van der Waals surface area (Å²) in [5.41, 5.74) is 0. The molecule has 0 aromatic heterocycles. The minimum absolute atomic E-state index is 0.0193. The number of carbonyl (C=O) groups is 1. The summed E-state index contributed by atoms with van der Waals surface area (Å²) < 4.78 is 105. The van der Waals surface area contributed by atoms with Gasteiger partial charge < -0.3 is 15.3 Å². The van der Waals surface area contributed by atoms with Crippen LogP contribution in [0.4, 0.5) is 0 Å². The molecule has 11 N–H and O–H groups in total. The average Bonchev–Trinajstić information content (AvgIpc) is 3.00. The fourth-order valence-corrected chi connectivity index (χ4v) is 12.0. The van der Waals surface area contributed by atoms with Crippen molar-refractivity contribution in [2.24, 2.45) is 39.8 Å². The number of fused-ring (bicyclic) bond motifs is 1. The van der Waals surface area contributed by atoms with E-state index in [-0.39, 0.29) is 37.5 Å². The number of hydrogen-bond donors (Lipinski definition) is 11. The van der Waals surface area contributed by atoms with Crippen molar-refractivity contribution >= 4 is 36.3 Å². The first-order chi connectivity index (χ1) is 23.6. The van der Waals surface area contributed by atoms with Crippen LogP contribution in [0.15, 0.2) is 10.2 Å². The molecule has 23 heteroatoms. The van der Waals surface area contributed by atoms with E-state index >= 15 is 0 Å². The fraction of sp³-hybridized carbons (Fsp3) is 0.964. The number of nitrogens with zero attached hydrogens (tertiary/aromatic N) is 2. The summed E-state index contributed by atoms with van der Waals surface area (Å²) >= 11 is 0. The zero-order valence-corrected chi connectivity index (χ0v) is 30.7. The lowest BCUT2D eigenvalue weighted by Gasteiger charge is -2.51. The van der Waals surface area contributed by atoms with Crippen molar-refractivity contribution in [3.63, 3.8) is 0 Å². The molecule has 4 saturated carbocycles. The summed E-state index contributed by atoms with van der Waals surface area (Å²) in [5.74, 6) is -3.61. The molecule has 20 nitrogen and oxygen atoms in total. The van der Waals surface area contributed by atoms with Crippen LogP contribution in [0.3, 0.4) is 0 Å². The van der Waals surface area contributed by atoms with Crippen LogP contribution in [0, 0.1) is 29.6 Å². The van der Waals surface area contributed by atoms with Gasteiger partial charge in [-0.3, -0.25) is 45.0 Å². The first kappa shape index (κ1) is 40.7. The molecule has 51 heavy (non-hydrogen) atoms. The Morgan fingerprint density at radius 3 is 1.88 bits per heavy atom. The summed E-state index contributed by atoms with van der Waals surface area (Å²) in [4.78, 5) is 11.8. The lowest BCUT2D eigenvalue weighted by atomic mass is 9.65. The first-order valence-electron chi connectivity index (χ1n) is 17.3. The van der Waals surface area contributed by atoms with Crippen LogP contribution < -0.4 is 26.6 Å². The number of nitrogens with one attached hydrogen (secondary N) is 5. The zero-order chi connectivity index (χ0) is 37.6. The van der Waals surface area contributed by atoms with Crippen molar-refractivity contribution in [3.05, 3.63) is 0 Å². The largest absolute Gasteiger partial charge is 0.481 e. The molecule has 16 atom stereocenters. The Labute approximate surface area is 297 Å². The highest BCUT2D eigenvalue weighted by Gasteiger charge is 2.56. The second kappa shape index (κ2) is 15.7. The predicted octanol–water partition coefficient (Wildman–Crippen LogP) is -1.38. The van der Waals surface area contributed by atoms with E-state index in [2.05, 4.69) is 36.8 Å². The van der Waals surface area contributed by atoms with Gasteiger partial charge in [0.05, 0.1) is 23.3 Å². The highest BCUT2D eigenvalue weighted by Crippen LogP contribution is 2.45. The number of aliphatic hydroxyl groups excluding tert-OH is 2. The number of rotatable bonds is 10. The lowest BCUT2D eigenvalue weighted by molar-refractivity contribution is -0.143. The number of carboxylic acid groups (broad SMARTS) is 1. The minimum atomic E-state index is -4.89. The van der Waals surface area contributed by atoms with Crippen molar-refractivity contribution in [1.29, 1.82) is 0 Å². The number of aliphatic hydroxyl groups is 2. The fourth-order valence-electron chi connectivity index (χ4n) is 8.88. The molecule has 5 fully saturated rings. The number of hydrogen-bond acceptors (Lipinski definition) is 16. The SMILES string of the molecule is CC1CC(NC2NC(O)NC(NC3CC(S(=O)(=O)O)CC4CC(S(=O)(=O)O)C(N=NC5CCCCC5C(=O)O)C(O)C43)N2)C(S(=O)(=O)O)CC1C. The summed E-state index contributed by atoms with van der Waals surface area (Å²) in [6.45, 7) is 3.86. The molecule has 5 rings (SSSR count). The normalized spacial score (nSPS) is 44.5. The summed E-state index contributed by atoms with van der Waals surface area (Å²) in [6.07, 6.45) is -3.24. The topological polar surface area (TPSA) is 326 Å². The van der Waals surface area contributed by atoms with Crippen LogP contribution in [0.1, 0.15) is 71.6 Å². The molecule has 16 unspecified atom stereocenters. The van der Waals surface area contributed by atoms with E-state index in [1.54, 1.807) is 0 Å². The summed E-state index contributed by atoms with van der Waals surface area (Å²) in [6, 6.07) is -4.02. The van der Waals surface area contributed by atoms with Crippen LogP contribution in [0.25, 0.3) is 0 Å². The standard InChI is InChI=1S/C28H51N7O13S3/c1-12-7-18(20(8-13(12)2)50(43,44)45)29-26-31-27(33-28(39)32-26)30-19-11-15(49(40,41)42)9-14-10-21(51(46,47)48)23(24(36)22(14)19)35-34-17-6-4-3-5-16(17)25(37)38/h12-24,26-33,36,39H,3-11H2,1-2H3,(H,37,38)(H,40,41,42)(H,43,44,45)(H,46,47,48). The Balaban J connectivity index is 1.40. The monoisotopic (exact) mass is 789 g/mol. The van der Waals surface area contributed by atoms with Crippen molar-refractivity contribution in [2.75, 3.05) is 0 Å². The van der Waals surface area contributed by atoms with Crippen molar-refractivity contribution < 1.29 is 59.0 Å². The van der Waals surface area contributed by atoms with Crippen LogP contribution in [0.5, 0.6) is 0 Å². The summed E-state index contributed by atoms with van der Waals surface area (Å²) in [5, 5.41) is 51.0. The molecule has 4 aliphatic carbocycles. The van der Waals surface area contributed by atoms with E-state index in [0.29, 0.717) is 32.1 Å². The Bertz CT molecular complexity index is 1620. The maximum Gasteiger partial charge on any atom is 0.308 e. The van der Waals surface area contributed by atoms with Crippen LogP contribution in [-0.4, -0.2) is 125 Å². The van der Waals surface area contributed by atoms with Gasteiger partial charge in [0, 0.05) is 18.0 Å². The molecule has 0 radical (unpaired) electrons. The number of aliphatic carboxylic acids is 1. The third kappa shape index (κ3) is 9.61. The summed E-state index contributed by atoms with van der Waals surface area (Å²) in [7, 11) is -14.0. The van der Waals surface area contributed by atoms with Gasteiger partial charge in [0.2, 0.25) is 0 Å². The molecule has 0 spiro atoms. The molecule has 1 heterocycles. The van der Waals surface area contributed by atoms with Gasteiger partial charge in [0.15, 0.2) is 6.35 Å². The maximum absolute atomic E-state index is 12.6. The van der Waals surface area contributed by atoms with Crippen molar-refractivity contribution in [1.82, 2.24) is 26.6 Å². The lowest BCUT2D eigenvalue weighted by Crippen LogP contribution is -2.77. The highest BCUT2D eigenvalue weighted by molar-refractivity contribution is 7.87. The van der Waals surface area contributed by atoms with Crippen molar-refractivity contribution in [3.8, 4) is 0 Å². The molecule has 1 aliphatic heterocycles. The second-order valence-electron chi connectivity index (χ2n) is 15.0. The number of carboxylic acids is 1. The Hall–Kier alpha value is -1.48. The Morgan fingerprint density at radius 1 is 0.706 bits per heavy atom. The van der Waals surface area contributed by atoms with Gasteiger partial charge in [-0.25, -0.2) is 0 Å². The predicted molar refractivity (Wildman–Crippen MR) is 179 cm³/mol. The van der Waals surface area contributed by atoms with Gasteiger partial charge in [0.1, 0.15) is 29.1 Å². The van der Waals surface area contributed by atoms with E-state index in [9.17, 15) is 59.0 Å². The molecule has 0 aromatic carbocycles. The Morgan fingerprint density at radius 2 is 1.29 bits per heavy atom. The number of azo groups is 1. The second-order valence-corrected chi connectivity index (χ2v) is 20.0.